The lowest BCUT2D eigenvalue weighted by molar-refractivity contribution is -0.146. The molecule has 0 bridgehead atoms. The second-order valence-corrected chi connectivity index (χ2v) is 6.33. The van der Waals surface area contributed by atoms with Gasteiger partial charge in [-0.3, -0.25) is 4.79 Å². The van der Waals surface area contributed by atoms with Crippen LogP contribution >= 0.6 is 0 Å². The molecule has 1 aromatic heterocycles. The molecule has 9 nitrogen and oxygen atoms in total. The molecule has 9 heteroatoms. The second-order valence-electron chi connectivity index (χ2n) is 6.33. The quantitative estimate of drug-likeness (QED) is 0.739. The highest BCUT2D eigenvalue weighted by Crippen LogP contribution is 2.44. The maximum Gasteiger partial charge on any atom is 0.308 e. The zero-order chi connectivity index (χ0) is 20.1. The molecule has 150 valence electrons. The van der Waals surface area contributed by atoms with Crippen molar-refractivity contribution in [2.24, 2.45) is 5.92 Å². The number of carboxylic acid groups (broad SMARTS) is 1. The number of rotatable bonds is 7. The van der Waals surface area contributed by atoms with Gasteiger partial charge in [0.2, 0.25) is 5.75 Å². The van der Waals surface area contributed by atoms with Crippen molar-refractivity contribution in [3.63, 3.8) is 0 Å². The van der Waals surface area contributed by atoms with E-state index in [1.165, 1.54) is 14.2 Å². The highest BCUT2D eigenvalue weighted by atomic mass is 16.5. The molecule has 0 saturated carbocycles. The van der Waals surface area contributed by atoms with E-state index in [4.69, 9.17) is 14.2 Å². The van der Waals surface area contributed by atoms with Gasteiger partial charge in [0.1, 0.15) is 11.9 Å². The van der Waals surface area contributed by atoms with Gasteiger partial charge in [0, 0.05) is 18.9 Å². The molecule has 2 heterocycles. The number of anilines is 1. The molecule has 0 spiro atoms. The summed E-state index contributed by atoms with van der Waals surface area (Å²) in [5.41, 5.74) is 3.92. The number of piperidine rings is 1. The molecule has 2 atom stereocenters. The number of hydrazine groups is 1. The fourth-order valence-electron chi connectivity index (χ4n) is 3.51. The fraction of sp³-hybridized carbons (Fsp3) is 0.421. The van der Waals surface area contributed by atoms with Crippen molar-refractivity contribution in [2.45, 2.75) is 18.9 Å². The maximum atomic E-state index is 11.9. The number of hydrogen-bond donors (Lipinski definition) is 2. The Labute approximate surface area is 163 Å². The van der Waals surface area contributed by atoms with Crippen LogP contribution in [0.1, 0.15) is 24.7 Å². The molecule has 1 fully saturated rings. The zero-order valence-corrected chi connectivity index (χ0v) is 16.1. The predicted molar refractivity (Wildman–Crippen MR) is 102 cm³/mol. The average molecular weight is 388 g/mol. The Morgan fingerprint density at radius 3 is 2.46 bits per heavy atom. The van der Waals surface area contributed by atoms with Crippen LogP contribution in [0.2, 0.25) is 0 Å². The van der Waals surface area contributed by atoms with Crippen LogP contribution in [0.5, 0.6) is 17.2 Å². The number of carbonyl (C=O) groups is 1. The molecule has 1 saturated heterocycles. The van der Waals surface area contributed by atoms with Crippen molar-refractivity contribution in [1.82, 2.24) is 15.0 Å². The summed E-state index contributed by atoms with van der Waals surface area (Å²) in [5.74, 6) is 0.413. The van der Waals surface area contributed by atoms with E-state index < -0.39 is 17.9 Å². The summed E-state index contributed by atoms with van der Waals surface area (Å²) < 4.78 is 16.3. The van der Waals surface area contributed by atoms with Crippen LogP contribution in [-0.2, 0) is 4.79 Å². The number of hydrogen-bond acceptors (Lipinski definition) is 8. The number of methoxy groups -OCH3 is 3. The van der Waals surface area contributed by atoms with Crippen molar-refractivity contribution in [1.29, 1.82) is 0 Å². The van der Waals surface area contributed by atoms with E-state index >= 15 is 0 Å². The number of nitrogens with zero attached hydrogens (tertiary/aromatic N) is 3. The molecule has 2 aromatic rings. The summed E-state index contributed by atoms with van der Waals surface area (Å²) >= 11 is 0. The third-order valence-corrected chi connectivity index (χ3v) is 4.77. The zero-order valence-electron chi connectivity index (χ0n) is 16.1. The van der Waals surface area contributed by atoms with Crippen LogP contribution in [0.4, 0.5) is 5.69 Å². The number of aromatic nitrogens is 2. The Morgan fingerprint density at radius 1 is 1.14 bits per heavy atom. The third kappa shape index (κ3) is 3.79. The molecule has 28 heavy (non-hydrogen) atoms. The summed E-state index contributed by atoms with van der Waals surface area (Å²) in [6, 6.07) is 4.74. The van der Waals surface area contributed by atoms with Gasteiger partial charge in [0.15, 0.2) is 11.5 Å². The summed E-state index contributed by atoms with van der Waals surface area (Å²) in [4.78, 5) is 20.5. The molecule has 0 amide bonds. The van der Waals surface area contributed by atoms with E-state index in [1.54, 1.807) is 37.7 Å². The smallest absolute Gasteiger partial charge is 0.308 e. The Kier molecular flexibility index (Phi) is 6.15. The van der Waals surface area contributed by atoms with Gasteiger partial charge in [0.05, 0.1) is 32.9 Å². The second kappa shape index (κ2) is 8.75. The highest BCUT2D eigenvalue weighted by molar-refractivity contribution is 5.72. The first kappa shape index (κ1) is 19.7. The molecular formula is C19H24N4O5. The largest absolute Gasteiger partial charge is 0.493 e. The van der Waals surface area contributed by atoms with E-state index in [1.807, 2.05) is 5.01 Å². The lowest BCUT2D eigenvalue weighted by Crippen LogP contribution is -2.45. The van der Waals surface area contributed by atoms with Crippen LogP contribution in [0.25, 0.3) is 0 Å². The third-order valence-electron chi connectivity index (χ3n) is 4.77. The van der Waals surface area contributed by atoms with Gasteiger partial charge in [0.25, 0.3) is 0 Å². The first-order chi connectivity index (χ1) is 13.6. The van der Waals surface area contributed by atoms with Crippen molar-refractivity contribution in [3.8, 4) is 17.2 Å². The molecule has 0 radical (unpaired) electrons. The maximum absolute atomic E-state index is 11.9. The molecule has 0 aliphatic carbocycles. The van der Waals surface area contributed by atoms with E-state index in [0.717, 1.165) is 6.42 Å². The van der Waals surface area contributed by atoms with E-state index in [2.05, 4.69) is 15.4 Å². The lowest BCUT2D eigenvalue weighted by Gasteiger charge is -2.39. The Balaban J connectivity index is 1.98. The fourth-order valence-corrected chi connectivity index (χ4v) is 3.51. The van der Waals surface area contributed by atoms with E-state index in [-0.39, 0.29) is 0 Å². The van der Waals surface area contributed by atoms with Gasteiger partial charge < -0.3 is 24.7 Å². The summed E-state index contributed by atoms with van der Waals surface area (Å²) in [5, 5.41) is 11.6. The van der Waals surface area contributed by atoms with Crippen LogP contribution in [0.15, 0.2) is 30.6 Å². The van der Waals surface area contributed by atoms with E-state index in [0.29, 0.717) is 41.7 Å². The van der Waals surface area contributed by atoms with Crippen molar-refractivity contribution < 1.29 is 24.1 Å². The Hall–Kier alpha value is -3.07. The monoisotopic (exact) mass is 388 g/mol. The molecule has 1 aliphatic heterocycles. The number of aliphatic carboxylic acids is 1. The van der Waals surface area contributed by atoms with Crippen LogP contribution in [0, 0.1) is 5.92 Å². The predicted octanol–water partition coefficient (Wildman–Crippen LogP) is 2.37. The topological polar surface area (TPSA) is 106 Å². The number of carboxylic acids is 1. The summed E-state index contributed by atoms with van der Waals surface area (Å²) in [6.45, 7) is 0.629. The highest BCUT2D eigenvalue weighted by Gasteiger charge is 2.39. The summed E-state index contributed by atoms with van der Waals surface area (Å²) in [7, 11) is 4.62. The molecule has 2 unspecified atom stereocenters. The van der Waals surface area contributed by atoms with Crippen molar-refractivity contribution in [3.05, 3.63) is 36.4 Å². The van der Waals surface area contributed by atoms with Gasteiger partial charge in [-0.2, -0.15) is 0 Å². The first-order valence-corrected chi connectivity index (χ1v) is 8.92. The molecular weight excluding hydrogens is 364 g/mol. The summed E-state index contributed by atoms with van der Waals surface area (Å²) in [6.07, 6.45) is 4.51. The normalized spacial score (nSPS) is 19.7. The van der Waals surface area contributed by atoms with Crippen LogP contribution < -0.4 is 19.6 Å². The minimum atomic E-state index is -0.872. The molecule has 1 aliphatic rings. The number of nitrogens with one attached hydrogen (secondary N) is 1. The van der Waals surface area contributed by atoms with Crippen molar-refractivity contribution >= 4 is 11.7 Å². The van der Waals surface area contributed by atoms with Crippen LogP contribution in [0.3, 0.4) is 0 Å². The van der Waals surface area contributed by atoms with Crippen molar-refractivity contribution in [2.75, 3.05) is 33.3 Å². The van der Waals surface area contributed by atoms with Crippen LogP contribution in [-0.4, -0.2) is 53.9 Å². The standard InChI is InChI=1S/C19H24N4O5/c1-26-14-8-7-13(16(27-2)17(14)28-3)22-23-11-4-6-12(19(24)25)15(23)18-20-9-5-10-21-18/h5,7-10,12,15,22H,4,6,11H2,1-3H3,(H,24,25). The van der Waals surface area contributed by atoms with Gasteiger partial charge in [-0.15, -0.1) is 0 Å². The minimum absolute atomic E-state index is 0.453. The molecule has 2 N–H and O–H groups in total. The number of ether oxygens (including phenoxy) is 3. The van der Waals surface area contributed by atoms with Gasteiger partial charge in [-0.25, -0.2) is 15.0 Å². The average Bonchev–Trinajstić information content (AvgIpc) is 2.73. The molecule has 3 rings (SSSR count). The Bertz CT molecular complexity index is 817. The van der Waals surface area contributed by atoms with Gasteiger partial charge in [-0.05, 0) is 31.0 Å². The van der Waals surface area contributed by atoms with E-state index in [9.17, 15) is 9.90 Å². The molecule has 1 aromatic carbocycles. The lowest BCUT2D eigenvalue weighted by atomic mass is 9.89. The first-order valence-electron chi connectivity index (χ1n) is 8.92. The minimum Gasteiger partial charge on any atom is -0.493 e. The number of benzene rings is 1. The SMILES string of the molecule is COc1ccc(NN2CCCC(C(=O)O)C2c2ncccn2)c(OC)c1OC. The van der Waals surface area contributed by atoms with Gasteiger partial charge >= 0.3 is 5.97 Å². The Morgan fingerprint density at radius 2 is 1.86 bits per heavy atom. The van der Waals surface area contributed by atoms with Gasteiger partial charge in [-0.1, -0.05) is 0 Å².